The number of rotatable bonds is 4. The van der Waals surface area contributed by atoms with Crippen molar-refractivity contribution in [1.29, 1.82) is 0 Å². The van der Waals surface area contributed by atoms with E-state index in [2.05, 4.69) is 14.3 Å². The summed E-state index contributed by atoms with van der Waals surface area (Å²) in [5.74, 6) is -2.24. The molecule has 0 radical (unpaired) electrons. The van der Waals surface area contributed by atoms with Gasteiger partial charge in [-0.05, 0) is 6.92 Å². The number of hydroxylamine groups is 1. The standard InChI is InChI=1S/C9H12F3NO5/c1-3-16-7(15)8(9(10,11)12)4-6(17-8)13-18-5(2)14/h6,13H,3-4H2,1-2H3/t6-,8?/m0/s1. The number of alkyl halides is 3. The molecule has 18 heavy (non-hydrogen) atoms. The Morgan fingerprint density at radius 2 is 2.06 bits per heavy atom. The molecule has 1 heterocycles. The lowest BCUT2D eigenvalue weighted by atomic mass is 9.92. The van der Waals surface area contributed by atoms with Crippen LogP contribution in [0, 0.1) is 0 Å². The van der Waals surface area contributed by atoms with E-state index < -0.39 is 36.4 Å². The maximum atomic E-state index is 12.7. The van der Waals surface area contributed by atoms with E-state index in [1.807, 2.05) is 5.48 Å². The molecular formula is C9H12F3NO5. The second kappa shape index (κ2) is 5.11. The monoisotopic (exact) mass is 271 g/mol. The molecule has 0 amide bonds. The number of hydrogen-bond donors (Lipinski definition) is 1. The molecule has 1 saturated heterocycles. The third-order valence-electron chi connectivity index (χ3n) is 2.21. The molecule has 0 aromatic carbocycles. The van der Waals surface area contributed by atoms with Gasteiger partial charge < -0.3 is 14.3 Å². The van der Waals surface area contributed by atoms with Crippen LogP contribution in [0.25, 0.3) is 0 Å². The van der Waals surface area contributed by atoms with Gasteiger partial charge in [0.1, 0.15) is 6.23 Å². The Kier molecular flexibility index (Phi) is 4.17. The highest BCUT2D eigenvalue weighted by Crippen LogP contribution is 2.45. The molecular weight excluding hydrogens is 259 g/mol. The molecule has 1 fully saturated rings. The van der Waals surface area contributed by atoms with Crippen LogP contribution in [-0.2, 0) is 23.9 Å². The predicted octanol–water partition coefficient (Wildman–Crippen LogP) is 0.665. The Hall–Kier alpha value is -1.35. The van der Waals surface area contributed by atoms with E-state index in [1.165, 1.54) is 6.92 Å². The molecule has 9 heteroatoms. The lowest BCUT2D eigenvalue weighted by molar-refractivity contribution is -0.355. The predicted molar refractivity (Wildman–Crippen MR) is 49.8 cm³/mol. The summed E-state index contributed by atoms with van der Waals surface area (Å²) in [6.07, 6.45) is -6.81. The summed E-state index contributed by atoms with van der Waals surface area (Å²) in [4.78, 5) is 26.0. The van der Waals surface area contributed by atoms with E-state index in [0.29, 0.717) is 0 Å². The van der Waals surface area contributed by atoms with E-state index in [-0.39, 0.29) is 6.61 Å². The molecule has 1 unspecified atom stereocenters. The first-order chi connectivity index (χ1) is 8.23. The van der Waals surface area contributed by atoms with Crippen LogP contribution in [0.4, 0.5) is 13.2 Å². The molecule has 0 aromatic heterocycles. The summed E-state index contributed by atoms with van der Waals surface area (Å²) in [6.45, 7) is 2.26. The summed E-state index contributed by atoms with van der Waals surface area (Å²) >= 11 is 0. The van der Waals surface area contributed by atoms with E-state index in [9.17, 15) is 22.8 Å². The largest absolute Gasteiger partial charge is 0.464 e. The van der Waals surface area contributed by atoms with Gasteiger partial charge in [0, 0.05) is 13.3 Å². The van der Waals surface area contributed by atoms with Crippen LogP contribution in [0.5, 0.6) is 0 Å². The van der Waals surface area contributed by atoms with Crippen molar-refractivity contribution in [3.8, 4) is 0 Å². The molecule has 104 valence electrons. The smallest absolute Gasteiger partial charge is 0.428 e. The number of carbonyl (C=O) groups is 2. The number of nitrogens with one attached hydrogen (secondary N) is 1. The highest BCUT2D eigenvalue weighted by Gasteiger charge is 2.70. The highest BCUT2D eigenvalue weighted by molar-refractivity contribution is 5.82. The molecule has 1 rings (SSSR count). The summed E-state index contributed by atoms with van der Waals surface area (Å²) in [5.41, 5.74) is -1.02. The Labute approximate surface area is 100 Å². The van der Waals surface area contributed by atoms with Crippen molar-refractivity contribution in [2.45, 2.75) is 38.3 Å². The van der Waals surface area contributed by atoms with E-state index in [0.717, 1.165) is 6.92 Å². The fraction of sp³-hybridized carbons (Fsp3) is 0.778. The fourth-order valence-electron chi connectivity index (χ4n) is 1.39. The van der Waals surface area contributed by atoms with Gasteiger partial charge in [-0.15, -0.1) is 5.48 Å². The molecule has 0 aromatic rings. The van der Waals surface area contributed by atoms with Gasteiger partial charge in [-0.1, -0.05) is 0 Å². The normalized spacial score (nSPS) is 27.3. The average molecular weight is 271 g/mol. The van der Waals surface area contributed by atoms with Crippen molar-refractivity contribution in [2.24, 2.45) is 0 Å². The second-order valence-electron chi connectivity index (χ2n) is 3.57. The van der Waals surface area contributed by atoms with Crippen LogP contribution < -0.4 is 5.48 Å². The summed E-state index contributed by atoms with van der Waals surface area (Å²) in [5, 5.41) is 0. The maximum absolute atomic E-state index is 12.7. The number of carbonyl (C=O) groups excluding carboxylic acids is 2. The first-order valence-electron chi connectivity index (χ1n) is 5.07. The molecule has 0 bridgehead atoms. The molecule has 0 saturated carbocycles. The summed E-state index contributed by atoms with van der Waals surface area (Å²) < 4.78 is 47.0. The van der Waals surface area contributed by atoms with Crippen molar-refractivity contribution in [2.75, 3.05) is 6.61 Å². The van der Waals surface area contributed by atoms with Gasteiger partial charge in [-0.3, -0.25) is 4.79 Å². The van der Waals surface area contributed by atoms with Gasteiger partial charge in [0.05, 0.1) is 6.61 Å². The Morgan fingerprint density at radius 3 is 2.44 bits per heavy atom. The Balaban J connectivity index is 2.64. The van der Waals surface area contributed by atoms with Gasteiger partial charge in [0.2, 0.25) is 0 Å². The zero-order valence-corrected chi connectivity index (χ0v) is 9.67. The molecule has 0 aliphatic carbocycles. The number of esters is 1. The van der Waals surface area contributed by atoms with Gasteiger partial charge in [-0.25, -0.2) is 4.79 Å². The quantitative estimate of drug-likeness (QED) is 0.598. The number of hydrogen-bond acceptors (Lipinski definition) is 6. The van der Waals surface area contributed by atoms with Gasteiger partial charge in [0.25, 0.3) is 5.60 Å². The van der Waals surface area contributed by atoms with Crippen LogP contribution in [0.15, 0.2) is 0 Å². The third kappa shape index (κ3) is 2.72. The maximum Gasteiger partial charge on any atom is 0.428 e. The highest BCUT2D eigenvalue weighted by atomic mass is 19.4. The molecule has 1 N–H and O–H groups in total. The zero-order chi connectivity index (χ0) is 14.0. The lowest BCUT2D eigenvalue weighted by Crippen LogP contribution is -2.68. The van der Waals surface area contributed by atoms with Gasteiger partial charge in [0.15, 0.2) is 0 Å². The third-order valence-corrected chi connectivity index (χ3v) is 2.21. The summed E-state index contributed by atoms with van der Waals surface area (Å²) in [7, 11) is 0. The molecule has 2 atom stereocenters. The van der Waals surface area contributed by atoms with Crippen LogP contribution in [0.2, 0.25) is 0 Å². The van der Waals surface area contributed by atoms with Crippen molar-refractivity contribution in [3.63, 3.8) is 0 Å². The lowest BCUT2D eigenvalue weighted by Gasteiger charge is -2.45. The minimum atomic E-state index is -4.90. The minimum absolute atomic E-state index is 0.192. The van der Waals surface area contributed by atoms with E-state index in [4.69, 9.17) is 0 Å². The minimum Gasteiger partial charge on any atom is -0.464 e. The molecule has 0 spiro atoms. The summed E-state index contributed by atoms with van der Waals surface area (Å²) in [6, 6.07) is 0. The fourth-order valence-corrected chi connectivity index (χ4v) is 1.39. The number of halogens is 3. The molecule has 1 aliphatic rings. The van der Waals surface area contributed by atoms with Gasteiger partial charge >= 0.3 is 18.1 Å². The Morgan fingerprint density at radius 1 is 1.50 bits per heavy atom. The topological polar surface area (TPSA) is 73.9 Å². The first kappa shape index (κ1) is 14.7. The SMILES string of the molecule is CCOC(=O)C1(C(F)(F)F)C[C@@H](NOC(C)=O)O1. The van der Waals surface area contributed by atoms with Crippen molar-refractivity contribution in [3.05, 3.63) is 0 Å². The number of ether oxygens (including phenoxy) is 2. The van der Waals surface area contributed by atoms with Crippen molar-refractivity contribution in [1.82, 2.24) is 5.48 Å². The van der Waals surface area contributed by atoms with E-state index in [1.54, 1.807) is 0 Å². The van der Waals surface area contributed by atoms with Crippen LogP contribution in [-0.4, -0.2) is 36.6 Å². The Bertz CT molecular complexity index is 338. The first-order valence-corrected chi connectivity index (χ1v) is 5.07. The van der Waals surface area contributed by atoms with Crippen molar-refractivity contribution >= 4 is 11.9 Å². The molecule has 6 nitrogen and oxygen atoms in total. The average Bonchev–Trinajstić information content (AvgIpc) is 2.13. The molecule has 1 aliphatic heterocycles. The van der Waals surface area contributed by atoms with Gasteiger partial charge in [-0.2, -0.15) is 13.2 Å². The van der Waals surface area contributed by atoms with Crippen LogP contribution >= 0.6 is 0 Å². The van der Waals surface area contributed by atoms with E-state index >= 15 is 0 Å². The van der Waals surface area contributed by atoms with Crippen LogP contribution in [0.3, 0.4) is 0 Å². The zero-order valence-electron chi connectivity index (χ0n) is 9.67. The second-order valence-corrected chi connectivity index (χ2v) is 3.57. The van der Waals surface area contributed by atoms with Crippen LogP contribution in [0.1, 0.15) is 20.3 Å². The van der Waals surface area contributed by atoms with Crippen molar-refractivity contribution < 1.29 is 37.1 Å².